The Balaban J connectivity index is 1.66. The molecule has 0 atom stereocenters. The number of benzene rings is 2. The van der Waals surface area contributed by atoms with Crippen molar-refractivity contribution in [1.29, 1.82) is 0 Å². The lowest BCUT2D eigenvalue weighted by molar-refractivity contribution is 0.0375. The normalized spacial score (nSPS) is 16.0. The van der Waals surface area contributed by atoms with Crippen LogP contribution in [0.1, 0.15) is 17.5 Å². The third-order valence-corrected chi connectivity index (χ3v) is 4.95. The van der Waals surface area contributed by atoms with E-state index in [9.17, 15) is 0 Å². The molecule has 1 aliphatic heterocycles. The van der Waals surface area contributed by atoms with Crippen molar-refractivity contribution in [2.75, 3.05) is 32.8 Å². The molecule has 1 aromatic heterocycles. The quantitative estimate of drug-likeness (QED) is 0.680. The molecule has 124 valence electrons. The van der Waals surface area contributed by atoms with E-state index < -0.39 is 0 Å². The Morgan fingerprint density at radius 2 is 1.79 bits per heavy atom. The number of hydrogen-bond donors (Lipinski definition) is 0. The van der Waals surface area contributed by atoms with Crippen molar-refractivity contribution in [2.24, 2.45) is 0 Å². The van der Waals surface area contributed by atoms with Crippen molar-refractivity contribution >= 4 is 21.8 Å². The number of morpholine rings is 1. The Kier molecular flexibility index (Phi) is 4.46. The minimum atomic E-state index is 0.875. The van der Waals surface area contributed by atoms with Crippen molar-refractivity contribution in [2.45, 2.75) is 19.8 Å². The van der Waals surface area contributed by atoms with Crippen LogP contribution in [0.5, 0.6) is 0 Å². The molecule has 0 radical (unpaired) electrons. The van der Waals surface area contributed by atoms with E-state index in [1.165, 1.54) is 28.3 Å². The summed E-state index contributed by atoms with van der Waals surface area (Å²) in [6.07, 6.45) is 2.28. The molecule has 1 saturated heterocycles. The zero-order chi connectivity index (χ0) is 16.4. The van der Waals surface area contributed by atoms with Crippen LogP contribution in [-0.2, 0) is 11.2 Å². The molecule has 4 rings (SSSR count). The first kappa shape index (κ1) is 15.6. The van der Waals surface area contributed by atoms with Gasteiger partial charge in [-0.05, 0) is 50.1 Å². The summed E-state index contributed by atoms with van der Waals surface area (Å²) in [5.74, 6) is 0. The van der Waals surface area contributed by atoms with Gasteiger partial charge in [0.25, 0.3) is 0 Å². The summed E-state index contributed by atoms with van der Waals surface area (Å²) in [4.78, 5) is 7.36. The van der Waals surface area contributed by atoms with Crippen molar-refractivity contribution < 1.29 is 4.74 Å². The lowest BCUT2D eigenvalue weighted by Crippen LogP contribution is -2.36. The molecule has 3 aromatic rings. The number of rotatable bonds is 4. The number of hydrogen-bond acceptors (Lipinski definition) is 3. The van der Waals surface area contributed by atoms with E-state index in [1.807, 2.05) is 0 Å². The molecule has 0 spiro atoms. The molecule has 0 amide bonds. The molecule has 2 heterocycles. The molecule has 3 nitrogen and oxygen atoms in total. The molecule has 2 aromatic carbocycles. The molecule has 0 bridgehead atoms. The van der Waals surface area contributed by atoms with Crippen LogP contribution in [0.2, 0.25) is 0 Å². The second-order valence-corrected chi connectivity index (χ2v) is 6.69. The molecule has 0 saturated carbocycles. The highest BCUT2D eigenvalue weighted by atomic mass is 16.5. The fourth-order valence-electron chi connectivity index (χ4n) is 3.66. The molecule has 3 heteroatoms. The number of aryl methyl sites for hydroxylation is 2. The van der Waals surface area contributed by atoms with Crippen LogP contribution in [0.4, 0.5) is 0 Å². The van der Waals surface area contributed by atoms with Crippen LogP contribution in [0.3, 0.4) is 0 Å². The van der Waals surface area contributed by atoms with Gasteiger partial charge in [-0.2, -0.15) is 0 Å². The van der Waals surface area contributed by atoms with E-state index in [4.69, 9.17) is 9.72 Å². The number of ether oxygens (including phenoxy) is 1. The molecular weight excluding hydrogens is 296 g/mol. The van der Waals surface area contributed by atoms with E-state index in [-0.39, 0.29) is 0 Å². The predicted octanol–water partition coefficient (Wildman–Crippen LogP) is 3.96. The van der Waals surface area contributed by atoms with E-state index in [2.05, 4.69) is 54.3 Å². The maximum Gasteiger partial charge on any atom is 0.0712 e. The van der Waals surface area contributed by atoms with Gasteiger partial charge >= 0.3 is 0 Å². The lowest BCUT2D eigenvalue weighted by atomic mass is 9.97. The largest absolute Gasteiger partial charge is 0.379 e. The van der Waals surface area contributed by atoms with Gasteiger partial charge in [-0.3, -0.25) is 4.90 Å². The lowest BCUT2D eigenvalue weighted by Gasteiger charge is -2.26. The van der Waals surface area contributed by atoms with E-state index in [0.29, 0.717) is 0 Å². The van der Waals surface area contributed by atoms with Gasteiger partial charge in [0.2, 0.25) is 0 Å². The molecule has 1 fully saturated rings. The second kappa shape index (κ2) is 6.88. The minimum absolute atomic E-state index is 0.875. The second-order valence-electron chi connectivity index (χ2n) is 6.69. The van der Waals surface area contributed by atoms with Gasteiger partial charge in [-0.1, -0.05) is 29.8 Å². The highest BCUT2D eigenvalue weighted by molar-refractivity contribution is 5.97. The summed E-state index contributed by atoms with van der Waals surface area (Å²) in [5.41, 5.74) is 4.97. The maximum atomic E-state index is 5.44. The highest BCUT2D eigenvalue weighted by Crippen LogP contribution is 2.28. The number of pyridine rings is 1. The van der Waals surface area contributed by atoms with E-state index >= 15 is 0 Å². The van der Waals surface area contributed by atoms with Crippen LogP contribution in [0.15, 0.2) is 42.5 Å². The van der Waals surface area contributed by atoms with Crippen molar-refractivity contribution in [3.8, 4) is 0 Å². The Morgan fingerprint density at radius 1 is 1.00 bits per heavy atom. The molecule has 1 aliphatic rings. The Hall–Kier alpha value is -1.97. The molecular formula is C21H24N2O. The molecule has 0 N–H and O–H groups in total. The Bertz CT molecular complexity index is 853. The number of aromatic nitrogens is 1. The minimum Gasteiger partial charge on any atom is -0.379 e. The zero-order valence-corrected chi connectivity index (χ0v) is 14.3. The summed E-state index contributed by atoms with van der Waals surface area (Å²) in [7, 11) is 0. The summed E-state index contributed by atoms with van der Waals surface area (Å²) >= 11 is 0. The summed E-state index contributed by atoms with van der Waals surface area (Å²) in [6.45, 7) is 7.19. The number of para-hydroxylation sites is 1. The average Bonchev–Trinajstić information content (AvgIpc) is 2.62. The first-order valence-electron chi connectivity index (χ1n) is 8.89. The van der Waals surface area contributed by atoms with Crippen LogP contribution in [0, 0.1) is 6.92 Å². The molecule has 24 heavy (non-hydrogen) atoms. The number of nitrogens with zero attached hydrogens (tertiary/aromatic N) is 2. The summed E-state index contributed by atoms with van der Waals surface area (Å²) in [6, 6.07) is 15.1. The summed E-state index contributed by atoms with van der Waals surface area (Å²) < 4.78 is 5.44. The van der Waals surface area contributed by atoms with Gasteiger partial charge in [0.05, 0.1) is 24.2 Å². The predicted molar refractivity (Wildman–Crippen MR) is 99.6 cm³/mol. The molecule has 0 unspecified atom stereocenters. The fourth-order valence-corrected chi connectivity index (χ4v) is 3.66. The van der Waals surface area contributed by atoms with Crippen molar-refractivity contribution in [3.05, 3.63) is 53.6 Å². The van der Waals surface area contributed by atoms with Crippen LogP contribution < -0.4 is 0 Å². The van der Waals surface area contributed by atoms with Gasteiger partial charge in [0.1, 0.15) is 0 Å². The van der Waals surface area contributed by atoms with Gasteiger partial charge < -0.3 is 4.74 Å². The van der Waals surface area contributed by atoms with Gasteiger partial charge in [0.15, 0.2) is 0 Å². The Labute approximate surface area is 143 Å². The Morgan fingerprint density at radius 3 is 2.67 bits per heavy atom. The smallest absolute Gasteiger partial charge is 0.0712 e. The van der Waals surface area contributed by atoms with Crippen LogP contribution >= 0.6 is 0 Å². The number of fused-ring (bicyclic) bond motifs is 2. The first-order chi connectivity index (χ1) is 11.8. The first-order valence-corrected chi connectivity index (χ1v) is 8.89. The zero-order valence-electron chi connectivity index (χ0n) is 14.3. The van der Waals surface area contributed by atoms with Crippen LogP contribution in [-0.4, -0.2) is 42.7 Å². The average molecular weight is 320 g/mol. The SMILES string of the molecule is Cc1ccc2nc3ccccc3c(CCCN3CCOCC3)c2c1. The third-order valence-electron chi connectivity index (χ3n) is 4.95. The van der Waals surface area contributed by atoms with Crippen LogP contribution in [0.25, 0.3) is 21.8 Å². The topological polar surface area (TPSA) is 25.4 Å². The van der Waals surface area contributed by atoms with Crippen molar-refractivity contribution in [3.63, 3.8) is 0 Å². The van der Waals surface area contributed by atoms with Gasteiger partial charge in [0, 0.05) is 23.9 Å². The maximum absolute atomic E-state index is 5.44. The van der Waals surface area contributed by atoms with Crippen molar-refractivity contribution in [1.82, 2.24) is 9.88 Å². The monoisotopic (exact) mass is 320 g/mol. The third kappa shape index (κ3) is 3.14. The molecule has 0 aliphatic carbocycles. The van der Waals surface area contributed by atoms with Gasteiger partial charge in [-0.15, -0.1) is 0 Å². The van der Waals surface area contributed by atoms with E-state index in [1.54, 1.807) is 0 Å². The summed E-state index contributed by atoms with van der Waals surface area (Å²) in [5, 5.41) is 2.62. The fraction of sp³-hybridized carbons (Fsp3) is 0.381. The van der Waals surface area contributed by atoms with Gasteiger partial charge in [-0.25, -0.2) is 4.98 Å². The standard InChI is InChI=1S/C21H24N2O/c1-16-8-9-21-19(15-16)17(18-5-2-3-7-20(18)22-21)6-4-10-23-11-13-24-14-12-23/h2-3,5,7-9,15H,4,6,10-14H2,1H3. The highest BCUT2D eigenvalue weighted by Gasteiger charge is 2.12. The van der Waals surface area contributed by atoms with E-state index in [0.717, 1.165) is 50.3 Å².